The third-order valence-corrected chi connectivity index (χ3v) is 7.13. The average molecular weight is 341 g/mol. The van der Waals surface area contributed by atoms with E-state index in [4.69, 9.17) is 0 Å². The largest absolute Gasteiger partial charge is 0.316 e. The number of rotatable bonds is 5. The van der Waals surface area contributed by atoms with Gasteiger partial charge in [0.1, 0.15) is 0 Å². The van der Waals surface area contributed by atoms with Gasteiger partial charge in [-0.2, -0.15) is 0 Å². The Hall–Kier alpha value is -1.04. The van der Waals surface area contributed by atoms with Crippen LogP contribution in [0.15, 0.2) is 36.9 Å². The Morgan fingerprint density at radius 2 is 1.95 bits per heavy atom. The highest BCUT2D eigenvalue weighted by Crippen LogP contribution is 2.62. The van der Waals surface area contributed by atoms with Crippen LogP contribution in [0, 0.1) is 11.8 Å². The number of sulfonamides is 1. The average Bonchev–Trinajstić information content (AvgIpc) is 3.36. The fourth-order valence-corrected chi connectivity index (χ4v) is 5.29. The molecular weight excluding hydrogens is 320 g/mol. The van der Waals surface area contributed by atoms with E-state index in [9.17, 15) is 8.42 Å². The standard InChI is InChI=1S/C16H20N2O2S.ClH/c1-2-16(14-9-17-10-15(14)16)11-4-3-5-12(8-11)18-21(19,20)13-6-7-13;/h2-5,8,13-15,17-18H,1,6-7,9-10H2;1H. The first-order chi connectivity index (χ1) is 10.1. The predicted octanol–water partition coefficient (Wildman–Crippen LogP) is 2.29. The van der Waals surface area contributed by atoms with Gasteiger partial charge in [0.05, 0.1) is 5.25 Å². The highest BCUT2D eigenvalue weighted by atomic mass is 35.5. The van der Waals surface area contributed by atoms with Gasteiger partial charge in [-0.25, -0.2) is 8.42 Å². The van der Waals surface area contributed by atoms with Crippen LogP contribution in [0.1, 0.15) is 18.4 Å². The molecule has 1 aliphatic heterocycles. The van der Waals surface area contributed by atoms with E-state index >= 15 is 0 Å². The van der Waals surface area contributed by atoms with E-state index in [1.54, 1.807) is 0 Å². The Morgan fingerprint density at radius 1 is 1.27 bits per heavy atom. The summed E-state index contributed by atoms with van der Waals surface area (Å²) in [5, 5.41) is 3.20. The lowest BCUT2D eigenvalue weighted by Crippen LogP contribution is -2.24. The van der Waals surface area contributed by atoms with Crippen molar-refractivity contribution in [1.82, 2.24) is 5.32 Å². The number of halogens is 1. The molecule has 120 valence electrons. The molecule has 1 aromatic rings. The summed E-state index contributed by atoms with van der Waals surface area (Å²) in [5.74, 6) is 1.20. The minimum atomic E-state index is -3.20. The van der Waals surface area contributed by atoms with Crippen LogP contribution in [-0.4, -0.2) is 26.8 Å². The minimum absolute atomic E-state index is 0. The monoisotopic (exact) mass is 340 g/mol. The predicted molar refractivity (Wildman–Crippen MR) is 91.0 cm³/mol. The first kappa shape index (κ1) is 15.8. The SMILES string of the molecule is C=CC1(c2cccc(NS(=O)(=O)C3CC3)c2)C2CNCC21.Cl. The summed E-state index contributed by atoms with van der Waals surface area (Å²) in [6.45, 7) is 6.07. The Kier molecular flexibility index (Phi) is 3.78. The maximum Gasteiger partial charge on any atom is 0.235 e. The van der Waals surface area contributed by atoms with Crippen molar-refractivity contribution in [2.45, 2.75) is 23.5 Å². The van der Waals surface area contributed by atoms with Gasteiger partial charge in [0, 0.05) is 11.1 Å². The van der Waals surface area contributed by atoms with Crippen molar-refractivity contribution in [2.75, 3.05) is 17.8 Å². The molecule has 4 rings (SSSR count). The molecular formula is C16H21ClN2O2S. The molecule has 1 aromatic carbocycles. The van der Waals surface area contributed by atoms with Crippen LogP contribution >= 0.6 is 12.4 Å². The van der Waals surface area contributed by atoms with Crippen LogP contribution < -0.4 is 10.0 Å². The third-order valence-electron chi connectivity index (χ3n) is 5.26. The summed E-state index contributed by atoms with van der Waals surface area (Å²) in [6, 6.07) is 7.85. The molecule has 22 heavy (non-hydrogen) atoms. The summed E-state index contributed by atoms with van der Waals surface area (Å²) in [5.41, 5.74) is 1.90. The van der Waals surface area contributed by atoms with Crippen molar-refractivity contribution in [1.29, 1.82) is 0 Å². The molecule has 4 nitrogen and oxygen atoms in total. The molecule has 0 radical (unpaired) electrons. The molecule has 0 aromatic heterocycles. The second kappa shape index (κ2) is 5.25. The lowest BCUT2D eigenvalue weighted by molar-refractivity contribution is 0.599. The molecule has 0 spiro atoms. The highest BCUT2D eigenvalue weighted by molar-refractivity contribution is 7.93. The molecule has 1 heterocycles. The van der Waals surface area contributed by atoms with Crippen molar-refractivity contribution in [3.8, 4) is 0 Å². The normalized spacial score (nSPS) is 32.7. The van der Waals surface area contributed by atoms with Crippen LogP contribution in [0.3, 0.4) is 0 Å². The second-order valence-corrected chi connectivity index (χ2v) is 8.40. The number of allylic oxidation sites excluding steroid dienone is 1. The van der Waals surface area contributed by atoms with Gasteiger partial charge in [-0.05, 0) is 55.5 Å². The number of benzene rings is 1. The van der Waals surface area contributed by atoms with Crippen molar-refractivity contribution in [2.24, 2.45) is 11.8 Å². The molecule has 0 amide bonds. The van der Waals surface area contributed by atoms with Crippen molar-refractivity contribution >= 4 is 28.1 Å². The molecule has 0 bridgehead atoms. The summed E-state index contributed by atoms with van der Waals surface area (Å²) >= 11 is 0. The summed E-state index contributed by atoms with van der Waals surface area (Å²) < 4.78 is 26.9. The first-order valence-corrected chi connectivity index (χ1v) is 9.09. The van der Waals surface area contributed by atoms with Crippen LogP contribution in [0.25, 0.3) is 0 Å². The fourth-order valence-electron chi connectivity index (χ4n) is 3.91. The van der Waals surface area contributed by atoms with Gasteiger partial charge >= 0.3 is 0 Å². The lowest BCUT2D eigenvalue weighted by atomic mass is 9.90. The Labute approximate surface area is 137 Å². The van der Waals surface area contributed by atoms with E-state index in [1.165, 1.54) is 5.56 Å². The molecule has 2 saturated carbocycles. The zero-order valence-electron chi connectivity index (χ0n) is 12.3. The topological polar surface area (TPSA) is 58.2 Å². The molecule has 6 heteroatoms. The number of anilines is 1. The number of fused-ring (bicyclic) bond motifs is 1. The molecule has 2 N–H and O–H groups in total. The summed E-state index contributed by atoms with van der Waals surface area (Å²) in [7, 11) is -3.20. The molecule has 3 fully saturated rings. The van der Waals surface area contributed by atoms with E-state index in [0.29, 0.717) is 17.5 Å². The van der Waals surface area contributed by atoms with Crippen LogP contribution in [0.5, 0.6) is 0 Å². The summed E-state index contributed by atoms with van der Waals surface area (Å²) in [4.78, 5) is 0. The van der Waals surface area contributed by atoms with E-state index in [0.717, 1.165) is 25.9 Å². The van der Waals surface area contributed by atoms with Gasteiger partial charge in [0.15, 0.2) is 0 Å². The molecule has 2 unspecified atom stereocenters. The van der Waals surface area contributed by atoms with Gasteiger partial charge in [-0.3, -0.25) is 4.72 Å². The Balaban J connectivity index is 0.00000144. The highest BCUT2D eigenvalue weighted by Gasteiger charge is 2.65. The van der Waals surface area contributed by atoms with Gasteiger partial charge in [-0.1, -0.05) is 18.2 Å². The van der Waals surface area contributed by atoms with Crippen molar-refractivity contribution in [3.05, 3.63) is 42.5 Å². The van der Waals surface area contributed by atoms with Crippen LogP contribution in [0.4, 0.5) is 5.69 Å². The van der Waals surface area contributed by atoms with E-state index < -0.39 is 10.0 Å². The zero-order valence-corrected chi connectivity index (χ0v) is 13.9. The lowest BCUT2D eigenvalue weighted by Gasteiger charge is -2.19. The van der Waals surface area contributed by atoms with Crippen molar-refractivity contribution < 1.29 is 8.42 Å². The maximum absolute atomic E-state index is 12.1. The quantitative estimate of drug-likeness (QED) is 0.808. The minimum Gasteiger partial charge on any atom is -0.316 e. The maximum atomic E-state index is 12.1. The van der Waals surface area contributed by atoms with Gasteiger partial charge in [0.2, 0.25) is 10.0 Å². The van der Waals surface area contributed by atoms with Crippen LogP contribution in [0.2, 0.25) is 0 Å². The number of piperidine rings is 1. The molecule has 2 aliphatic carbocycles. The number of hydrogen-bond acceptors (Lipinski definition) is 3. The molecule has 1 saturated heterocycles. The first-order valence-electron chi connectivity index (χ1n) is 7.54. The van der Waals surface area contributed by atoms with Gasteiger partial charge in [-0.15, -0.1) is 19.0 Å². The number of hydrogen-bond donors (Lipinski definition) is 2. The summed E-state index contributed by atoms with van der Waals surface area (Å²) in [6.07, 6.45) is 3.61. The van der Waals surface area contributed by atoms with Crippen molar-refractivity contribution in [3.63, 3.8) is 0 Å². The van der Waals surface area contributed by atoms with E-state index in [-0.39, 0.29) is 23.1 Å². The van der Waals surface area contributed by atoms with Crippen LogP contribution in [-0.2, 0) is 15.4 Å². The second-order valence-electron chi connectivity index (χ2n) is 6.44. The fraction of sp³-hybridized carbons (Fsp3) is 0.500. The van der Waals surface area contributed by atoms with E-state index in [2.05, 4.69) is 28.8 Å². The van der Waals surface area contributed by atoms with Gasteiger partial charge in [0.25, 0.3) is 0 Å². The number of nitrogens with one attached hydrogen (secondary N) is 2. The van der Waals surface area contributed by atoms with Gasteiger partial charge < -0.3 is 5.32 Å². The Morgan fingerprint density at radius 3 is 2.55 bits per heavy atom. The Bertz CT molecular complexity index is 690. The zero-order chi connectivity index (χ0) is 14.7. The van der Waals surface area contributed by atoms with E-state index in [1.807, 2.05) is 18.2 Å². The molecule has 2 atom stereocenters. The molecule has 3 aliphatic rings. The smallest absolute Gasteiger partial charge is 0.235 e. The third kappa shape index (κ3) is 2.27.